The van der Waals surface area contributed by atoms with Crippen LogP contribution < -0.4 is 0 Å². The predicted octanol–water partition coefficient (Wildman–Crippen LogP) is 0.639. The smallest absolute Gasteiger partial charge is 0.326 e. The fourth-order valence-corrected chi connectivity index (χ4v) is 2.26. The fourth-order valence-electron chi connectivity index (χ4n) is 2.26. The van der Waals surface area contributed by atoms with Crippen LogP contribution in [0.4, 0.5) is 0 Å². The van der Waals surface area contributed by atoms with Crippen LogP contribution in [0.15, 0.2) is 24.3 Å². The Kier molecular flexibility index (Phi) is 4.26. The highest BCUT2D eigenvalue weighted by atomic mass is 16.4. The molecule has 2 amide bonds. The number of carbonyl (C=O) groups is 3. The molecule has 1 aromatic carbocycles. The van der Waals surface area contributed by atoms with E-state index in [-0.39, 0.29) is 6.54 Å². The Morgan fingerprint density at radius 2 is 1.81 bits per heavy atom. The number of aryl methyl sites for hydroxylation is 1. The van der Waals surface area contributed by atoms with Gasteiger partial charge in [-0.2, -0.15) is 0 Å². The minimum Gasteiger partial charge on any atom is -0.480 e. The molecule has 1 unspecified atom stereocenters. The third kappa shape index (κ3) is 3.21. The molecule has 1 saturated heterocycles. The Morgan fingerprint density at radius 3 is 2.38 bits per heavy atom. The molecular formula is C15H18N2O4. The SMILES string of the molecule is Cc1ccc(CN2CCN(C(C)C(=O)O)C(=O)C2=O)cc1. The normalized spacial score (nSPS) is 17.0. The van der Waals surface area contributed by atoms with Gasteiger partial charge in [0.25, 0.3) is 0 Å². The molecule has 0 aliphatic carbocycles. The first-order chi connectivity index (χ1) is 9.90. The van der Waals surface area contributed by atoms with E-state index < -0.39 is 23.8 Å². The molecule has 1 atom stereocenters. The quantitative estimate of drug-likeness (QED) is 0.825. The van der Waals surface area contributed by atoms with Crippen LogP contribution in [0.1, 0.15) is 18.1 Å². The van der Waals surface area contributed by atoms with Crippen LogP contribution in [-0.2, 0) is 20.9 Å². The molecule has 1 heterocycles. The second-order valence-corrected chi connectivity index (χ2v) is 5.23. The number of aliphatic carboxylic acids is 1. The Labute approximate surface area is 123 Å². The van der Waals surface area contributed by atoms with Crippen molar-refractivity contribution in [3.8, 4) is 0 Å². The summed E-state index contributed by atoms with van der Waals surface area (Å²) in [5, 5.41) is 8.95. The van der Waals surface area contributed by atoms with Gasteiger partial charge in [-0.25, -0.2) is 4.79 Å². The predicted molar refractivity (Wildman–Crippen MR) is 75.4 cm³/mol. The molecule has 2 rings (SSSR count). The van der Waals surface area contributed by atoms with Gasteiger partial charge in [-0.05, 0) is 19.4 Å². The molecular weight excluding hydrogens is 272 g/mol. The maximum absolute atomic E-state index is 12.1. The molecule has 1 aromatic rings. The van der Waals surface area contributed by atoms with Crippen molar-refractivity contribution in [3.05, 3.63) is 35.4 Å². The van der Waals surface area contributed by atoms with Crippen molar-refractivity contribution in [2.24, 2.45) is 0 Å². The van der Waals surface area contributed by atoms with E-state index in [1.807, 2.05) is 31.2 Å². The van der Waals surface area contributed by atoms with Crippen LogP contribution in [-0.4, -0.2) is 51.8 Å². The highest BCUT2D eigenvalue weighted by Crippen LogP contribution is 2.13. The van der Waals surface area contributed by atoms with Crippen LogP contribution in [0.3, 0.4) is 0 Å². The molecule has 1 fully saturated rings. The summed E-state index contributed by atoms with van der Waals surface area (Å²) in [5.74, 6) is -2.50. The van der Waals surface area contributed by atoms with Gasteiger partial charge in [0.1, 0.15) is 6.04 Å². The number of hydrogen-bond acceptors (Lipinski definition) is 3. The van der Waals surface area contributed by atoms with Gasteiger partial charge >= 0.3 is 17.8 Å². The largest absolute Gasteiger partial charge is 0.480 e. The average Bonchev–Trinajstić information content (AvgIpc) is 2.45. The second kappa shape index (κ2) is 5.95. The molecule has 0 aromatic heterocycles. The minimum atomic E-state index is -1.11. The Morgan fingerprint density at radius 1 is 1.19 bits per heavy atom. The molecule has 6 heteroatoms. The van der Waals surface area contributed by atoms with E-state index in [2.05, 4.69) is 0 Å². The monoisotopic (exact) mass is 290 g/mol. The van der Waals surface area contributed by atoms with Crippen molar-refractivity contribution in [2.75, 3.05) is 13.1 Å². The third-order valence-electron chi connectivity index (χ3n) is 3.66. The van der Waals surface area contributed by atoms with E-state index in [0.29, 0.717) is 13.1 Å². The Hall–Kier alpha value is -2.37. The van der Waals surface area contributed by atoms with E-state index >= 15 is 0 Å². The zero-order valence-electron chi connectivity index (χ0n) is 12.1. The van der Waals surface area contributed by atoms with E-state index in [0.717, 1.165) is 16.0 Å². The molecule has 6 nitrogen and oxygen atoms in total. The maximum atomic E-state index is 12.1. The van der Waals surface area contributed by atoms with Gasteiger partial charge in [0.05, 0.1) is 0 Å². The lowest BCUT2D eigenvalue weighted by atomic mass is 10.1. The summed E-state index contributed by atoms with van der Waals surface area (Å²) in [4.78, 5) is 37.6. The highest BCUT2D eigenvalue weighted by molar-refractivity contribution is 6.35. The molecule has 1 N–H and O–H groups in total. The fraction of sp³-hybridized carbons (Fsp3) is 0.400. The van der Waals surface area contributed by atoms with E-state index in [1.165, 1.54) is 11.8 Å². The lowest BCUT2D eigenvalue weighted by molar-refractivity contribution is -0.162. The van der Waals surface area contributed by atoms with E-state index in [9.17, 15) is 14.4 Å². The number of carbonyl (C=O) groups excluding carboxylic acids is 2. The van der Waals surface area contributed by atoms with Crippen molar-refractivity contribution in [2.45, 2.75) is 26.4 Å². The number of nitrogens with zero attached hydrogens (tertiary/aromatic N) is 2. The summed E-state index contributed by atoms with van der Waals surface area (Å²) in [6.45, 7) is 4.33. The molecule has 112 valence electrons. The van der Waals surface area contributed by atoms with Crippen molar-refractivity contribution in [1.82, 2.24) is 9.80 Å². The lowest BCUT2D eigenvalue weighted by Crippen LogP contribution is -2.57. The summed E-state index contributed by atoms with van der Waals surface area (Å²) in [7, 11) is 0. The Bertz CT molecular complexity index is 568. The van der Waals surface area contributed by atoms with Crippen molar-refractivity contribution < 1.29 is 19.5 Å². The van der Waals surface area contributed by atoms with E-state index in [4.69, 9.17) is 5.11 Å². The summed E-state index contributed by atoms with van der Waals surface area (Å²) in [6, 6.07) is 6.75. The van der Waals surface area contributed by atoms with Crippen LogP contribution in [0.25, 0.3) is 0 Å². The number of piperazine rings is 1. The van der Waals surface area contributed by atoms with Crippen LogP contribution in [0, 0.1) is 6.92 Å². The first-order valence-corrected chi connectivity index (χ1v) is 6.78. The number of carboxylic acids is 1. The van der Waals surface area contributed by atoms with Crippen molar-refractivity contribution >= 4 is 17.8 Å². The maximum Gasteiger partial charge on any atom is 0.326 e. The number of rotatable bonds is 4. The zero-order valence-corrected chi connectivity index (χ0v) is 12.1. The van der Waals surface area contributed by atoms with Gasteiger partial charge in [-0.3, -0.25) is 9.59 Å². The van der Waals surface area contributed by atoms with Gasteiger partial charge in [-0.1, -0.05) is 29.8 Å². The molecule has 21 heavy (non-hydrogen) atoms. The van der Waals surface area contributed by atoms with Gasteiger partial charge < -0.3 is 14.9 Å². The van der Waals surface area contributed by atoms with Gasteiger partial charge in [-0.15, -0.1) is 0 Å². The second-order valence-electron chi connectivity index (χ2n) is 5.23. The third-order valence-corrected chi connectivity index (χ3v) is 3.66. The van der Waals surface area contributed by atoms with Gasteiger partial charge in [0.2, 0.25) is 0 Å². The van der Waals surface area contributed by atoms with E-state index in [1.54, 1.807) is 0 Å². The molecule has 0 spiro atoms. The van der Waals surface area contributed by atoms with Gasteiger partial charge in [0, 0.05) is 19.6 Å². The summed E-state index contributed by atoms with van der Waals surface area (Å²) in [5.41, 5.74) is 2.07. The summed E-state index contributed by atoms with van der Waals surface area (Å²) < 4.78 is 0. The van der Waals surface area contributed by atoms with Gasteiger partial charge in [0.15, 0.2) is 0 Å². The van der Waals surface area contributed by atoms with Crippen LogP contribution in [0.5, 0.6) is 0 Å². The van der Waals surface area contributed by atoms with Crippen LogP contribution in [0.2, 0.25) is 0 Å². The number of amides is 2. The molecule has 1 aliphatic heterocycles. The lowest BCUT2D eigenvalue weighted by Gasteiger charge is -2.35. The Balaban J connectivity index is 2.06. The minimum absolute atomic E-state index is 0.240. The molecule has 0 bridgehead atoms. The number of hydrogen-bond donors (Lipinski definition) is 1. The first-order valence-electron chi connectivity index (χ1n) is 6.78. The standard InChI is InChI=1S/C15H18N2O4/c1-10-3-5-12(6-4-10)9-16-7-8-17(11(2)15(20)21)14(19)13(16)18/h3-6,11H,7-9H2,1-2H3,(H,20,21). The van der Waals surface area contributed by atoms with Crippen molar-refractivity contribution in [3.63, 3.8) is 0 Å². The first kappa shape index (κ1) is 15.0. The highest BCUT2D eigenvalue weighted by Gasteiger charge is 2.37. The summed E-state index contributed by atoms with van der Waals surface area (Å²) >= 11 is 0. The number of benzene rings is 1. The molecule has 0 radical (unpaired) electrons. The molecule has 0 saturated carbocycles. The van der Waals surface area contributed by atoms with Crippen molar-refractivity contribution in [1.29, 1.82) is 0 Å². The zero-order chi connectivity index (χ0) is 15.6. The van der Waals surface area contributed by atoms with Crippen LogP contribution >= 0.6 is 0 Å². The average molecular weight is 290 g/mol. The topological polar surface area (TPSA) is 77.9 Å². The molecule has 1 aliphatic rings. The summed E-state index contributed by atoms with van der Waals surface area (Å²) in [6.07, 6.45) is 0. The number of carboxylic acid groups (broad SMARTS) is 1.